The summed E-state index contributed by atoms with van der Waals surface area (Å²) in [6.07, 6.45) is 7.34. The van der Waals surface area contributed by atoms with Gasteiger partial charge in [0, 0.05) is 26.3 Å². The zero-order valence-electron chi connectivity index (χ0n) is 13.6. The first-order valence-corrected chi connectivity index (χ1v) is 7.94. The van der Waals surface area contributed by atoms with Crippen LogP contribution in [0.25, 0.3) is 0 Å². The van der Waals surface area contributed by atoms with Gasteiger partial charge in [-0.15, -0.1) is 5.10 Å². The zero-order chi connectivity index (χ0) is 16.2. The van der Waals surface area contributed by atoms with Crippen LogP contribution in [0, 0.1) is 0 Å². The molecule has 23 heavy (non-hydrogen) atoms. The van der Waals surface area contributed by atoms with Crippen molar-refractivity contribution in [3.8, 4) is 0 Å². The van der Waals surface area contributed by atoms with E-state index in [1.54, 1.807) is 30.2 Å². The number of aryl methyl sites for hydroxylation is 1. The maximum atomic E-state index is 11.8. The van der Waals surface area contributed by atoms with Crippen molar-refractivity contribution in [2.75, 3.05) is 19.7 Å². The van der Waals surface area contributed by atoms with Crippen LogP contribution < -0.4 is 0 Å². The maximum absolute atomic E-state index is 11.8. The number of aromatic nitrogens is 5. The Bertz CT molecular complexity index is 664. The molecule has 0 aromatic carbocycles. The van der Waals surface area contributed by atoms with Crippen LogP contribution in [-0.2, 0) is 18.3 Å². The molecule has 3 heterocycles. The number of hydrogen-bond acceptors (Lipinski definition) is 6. The van der Waals surface area contributed by atoms with Crippen LogP contribution in [0.15, 0.2) is 18.6 Å². The summed E-state index contributed by atoms with van der Waals surface area (Å²) in [5, 5.41) is 12.2. The van der Waals surface area contributed by atoms with E-state index >= 15 is 0 Å². The van der Waals surface area contributed by atoms with Gasteiger partial charge < -0.3 is 4.74 Å². The molecule has 2 aromatic rings. The average molecular weight is 318 g/mol. The van der Waals surface area contributed by atoms with E-state index in [0.29, 0.717) is 12.2 Å². The molecule has 0 radical (unpaired) electrons. The molecule has 0 unspecified atom stereocenters. The Morgan fingerprint density at radius 2 is 2.30 bits per heavy atom. The van der Waals surface area contributed by atoms with Gasteiger partial charge in [-0.2, -0.15) is 5.10 Å². The number of carbonyl (C=O) groups excluding carboxylic acids is 1. The van der Waals surface area contributed by atoms with Crippen LogP contribution in [0.1, 0.15) is 41.9 Å². The van der Waals surface area contributed by atoms with Crippen LogP contribution >= 0.6 is 0 Å². The van der Waals surface area contributed by atoms with Crippen molar-refractivity contribution < 1.29 is 9.53 Å². The molecule has 1 aliphatic rings. The Kier molecular flexibility index (Phi) is 4.71. The lowest BCUT2D eigenvalue weighted by Gasteiger charge is -2.32. The van der Waals surface area contributed by atoms with Crippen LogP contribution in [0.2, 0.25) is 0 Å². The molecule has 124 valence electrons. The van der Waals surface area contributed by atoms with Crippen molar-refractivity contribution >= 4 is 5.97 Å². The summed E-state index contributed by atoms with van der Waals surface area (Å²) in [6, 6.07) is 0.271. The van der Waals surface area contributed by atoms with Gasteiger partial charge in [-0.25, -0.2) is 4.79 Å². The highest BCUT2D eigenvalue weighted by molar-refractivity contribution is 5.88. The van der Waals surface area contributed by atoms with Gasteiger partial charge in [-0.05, 0) is 26.3 Å². The molecule has 1 saturated heterocycles. The van der Waals surface area contributed by atoms with Crippen molar-refractivity contribution in [3.05, 3.63) is 29.8 Å². The molecule has 8 heteroatoms. The lowest BCUT2D eigenvalue weighted by atomic mass is 10.1. The van der Waals surface area contributed by atoms with Gasteiger partial charge >= 0.3 is 5.97 Å². The second-order valence-electron chi connectivity index (χ2n) is 5.81. The summed E-state index contributed by atoms with van der Waals surface area (Å²) in [5.74, 6) is -0.313. The molecule has 1 aliphatic heterocycles. The normalized spacial score (nSPS) is 19.0. The molecule has 8 nitrogen and oxygen atoms in total. The number of piperidine rings is 1. The molecule has 0 amide bonds. The van der Waals surface area contributed by atoms with E-state index in [-0.39, 0.29) is 12.0 Å². The molecule has 0 N–H and O–H groups in total. The maximum Gasteiger partial charge on any atom is 0.341 e. The summed E-state index contributed by atoms with van der Waals surface area (Å²) in [7, 11) is 1.91. The second kappa shape index (κ2) is 6.91. The van der Waals surface area contributed by atoms with Crippen LogP contribution in [0.5, 0.6) is 0 Å². The van der Waals surface area contributed by atoms with E-state index in [1.165, 1.54) is 0 Å². The first kappa shape index (κ1) is 15.7. The molecular formula is C15H22N6O2. The number of esters is 1. The number of likely N-dealkylation sites (tertiary alicyclic amines) is 1. The van der Waals surface area contributed by atoms with Gasteiger partial charge in [-0.3, -0.25) is 14.3 Å². The summed E-state index contributed by atoms with van der Waals surface area (Å²) >= 11 is 0. The summed E-state index contributed by atoms with van der Waals surface area (Å²) < 4.78 is 8.70. The minimum atomic E-state index is -0.313. The minimum absolute atomic E-state index is 0.271. The monoisotopic (exact) mass is 318 g/mol. The molecular weight excluding hydrogens is 296 g/mol. The second-order valence-corrected chi connectivity index (χ2v) is 5.81. The molecule has 1 fully saturated rings. The summed E-state index contributed by atoms with van der Waals surface area (Å²) in [4.78, 5) is 14.1. The van der Waals surface area contributed by atoms with E-state index in [0.717, 1.165) is 38.2 Å². The van der Waals surface area contributed by atoms with Crippen molar-refractivity contribution in [1.29, 1.82) is 0 Å². The first-order valence-electron chi connectivity index (χ1n) is 7.94. The highest BCUT2D eigenvalue weighted by Crippen LogP contribution is 2.22. The van der Waals surface area contributed by atoms with E-state index in [2.05, 4.69) is 20.3 Å². The van der Waals surface area contributed by atoms with E-state index < -0.39 is 0 Å². The van der Waals surface area contributed by atoms with E-state index in [1.807, 2.05) is 11.7 Å². The highest BCUT2D eigenvalue weighted by atomic mass is 16.5. The van der Waals surface area contributed by atoms with Gasteiger partial charge in [0.05, 0.1) is 36.3 Å². The molecule has 0 spiro atoms. The van der Waals surface area contributed by atoms with Gasteiger partial charge in [0.25, 0.3) is 0 Å². The Morgan fingerprint density at radius 1 is 1.43 bits per heavy atom. The molecule has 0 bridgehead atoms. The van der Waals surface area contributed by atoms with Gasteiger partial charge in [0.2, 0.25) is 0 Å². The van der Waals surface area contributed by atoms with Crippen molar-refractivity contribution in [2.24, 2.45) is 7.05 Å². The van der Waals surface area contributed by atoms with E-state index in [4.69, 9.17) is 4.74 Å². The highest BCUT2D eigenvalue weighted by Gasteiger charge is 2.23. The average Bonchev–Trinajstić information content (AvgIpc) is 3.18. The standard InChI is InChI=1S/C15H22N6O2/c1-3-23-15(22)12-7-17-21(9-12)13-5-4-6-20(10-13)11-14-8-16-18-19(14)2/h7-9,13H,3-6,10-11H2,1-2H3/t13-/m1/s1. The fraction of sp³-hybridized carbons (Fsp3) is 0.600. The Morgan fingerprint density at radius 3 is 3.04 bits per heavy atom. The largest absolute Gasteiger partial charge is 0.462 e. The SMILES string of the molecule is CCOC(=O)c1cnn([C@@H]2CCCN(Cc3cnnn3C)C2)c1. The minimum Gasteiger partial charge on any atom is -0.462 e. The third kappa shape index (κ3) is 3.58. The van der Waals surface area contributed by atoms with Crippen LogP contribution in [0.3, 0.4) is 0 Å². The summed E-state index contributed by atoms with van der Waals surface area (Å²) in [6.45, 7) is 4.95. The Balaban J connectivity index is 1.64. The van der Waals surface area contributed by atoms with Crippen LogP contribution in [0.4, 0.5) is 0 Å². The van der Waals surface area contributed by atoms with Crippen LogP contribution in [-0.4, -0.2) is 55.3 Å². The number of ether oxygens (including phenoxy) is 1. The smallest absolute Gasteiger partial charge is 0.341 e. The van der Waals surface area contributed by atoms with Gasteiger partial charge in [0.15, 0.2) is 0 Å². The fourth-order valence-corrected chi connectivity index (χ4v) is 2.93. The third-order valence-corrected chi connectivity index (χ3v) is 4.16. The number of rotatable bonds is 5. The fourth-order valence-electron chi connectivity index (χ4n) is 2.93. The summed E-state index contributed by atoms with van der Waals surface area (Å²) in [5.41, 5.74) is 1.61. The van der Waals surface area contributed by atoms with Crippen molar-refractivity contribution in [1.82, 2.24) is 29.7 Å². The van der Waals surface area contributed by atoms with Gasteiger partial charge in [-0.1, -0.05) is 5.21 Å². The molecule has 1 atom stereocenters. The third-order valence-electron chi connectivity index (χ3n) is 4.16. The predicted octanol–water partition coefficient (Wildman–Crippen LogP) is 1.03. The Hall–Kier alpha value is -2.22. The first-order chi connectivity index (χ1) is 11.2. The van der Waals surface area contributed by atoms with Gasteiger partial charge in [0.1, 0.15) is 0 Å². The quantitative estimate of drug-likeness (QED) is 0.766. The lowest BCUT2D eigenvalue weighted by Crippen LogP contribution is -2.36. The molecule has 0 aliphatic carbocycles. The number of carbonyl (C=O) groups is 1. The van der Waals surface area contributed by atoms with Crippen molar-refractivity contribution in [3.63, 3.8) is 0 Å². The van der Waals surface area contributed by atoms with Crippen molar-refractivity contribution in [2.45, 2.75) is 32.4 Å². The molecule has 2 aromatic heterocycles. The molecule has 3 rings (SSSR count). The lowest BCUT2D eigenvalue weighted by molar-refractivity contribution is 0.0526. The number of hydrogen-bond donors (Lipinski definition) is 0. The topological polar surface area (TPSA) is 78.1 Å². The molecule has 0 saturated carbocycles. The number of nitrogens with zero attached hydrogens (tertiary/aromatic N) is 6. The Labute approximate surface area is 135 Å². The van der Waals surface area contributed by atoms with E-state index in [9.17, 15) is 4.79 Å². The predicted molar refractivity (Wildman–Crippen MR) is 82.7 cm³/mol. The zero-order valence-corrected chi connectivity index (χ0v) is 13.6.